The van der Waals surface area contributed by atoms with Crippen molar-refractivity contribution in [1.29, 1.82) is 0 Å². The number of rotatable bonds is 6. The van der Waals surface area contributed by atoms with E-state index in [-0.39, 0.29) is 6.42 Å². The van der Waals surface area contributed by atoms with Crippen LogP contribution in [0.2, 0.25) is 0 Å². The van der Waals surface area contributed by atoms with Crippen LogP contribution in [0.25, 0.3) is 0 Å². The highest BCUT2D eigenvalue weighted by Gasteiger charge is 2.44. The number of hydrogen-bond donors (Lipinski definition) is 5. The topological polar surface area (TPSA) is 137 Å². The lowest BCUT2D eigenvalue weighted by Crippen LogP contribution is -2.59. The van der Waals surface area contributed by atoms with Crippen molar-refractivity contribution in [1.82, 2.24) is 0 Å². The molecule has 0 bridgehead atoms. The molecule has 1 aliphatic heterocycles. The summed E-state index contributed by atoms with van der Waals surface area (Å²) >= 11 is 0. The van der Waals surface area contributed by atoms with Crippen molar-refractivity contribution < 1.29 is 39.8 Å². The molecule has 1 aliphatic rings. The van der Waals surface area contributed by atoms with E-state index in [2.05, 4.69) is 0 Å². The Balaban J connectivity index is 2.67. The first-order valence-corrected chi connectivity index (χ1v) is 6.08. The Morgan fingerprint density at radius 3 is 2.37 bits per heavy atom. The highest BCUT2D eigenvalue weighted by Crippen LogP contribution is 2.24. The number of aliphatic hydroxyl groups excluding tert-OH is 4. The third-order valence-electron chi connectivity index (χ3n) is 3.03. The van der Waals surface area contributed by atoms with Crippen molar-refractivity contribution in [3.8, 4) is 0 Å². The standard InChI is InChI=1S/C11H20O8/c1-2-5(3-7(13)14)18-11-10(17)9(16)8(15)6(4-12)19-11/h5-6,8-12,15-17H,2-4H2,1H3,(H,13,14)/t5?,6?,8-,9+,10?,11-/m1/s1. The van der Waals surface area contributed by atoms with Gasteiger partial charge in [-0.15, -0.1) is 0 Å². The number of carboxylic acids is 1. The summed E-state index contributed by atoms with van der Waals surface area (Å²) in [5.74, 6) is -1.06. The minimum absolute atomic E-state index is 0.272. The van der Waals surface area contributed by atoms with Crippen LogP contribution in [0, 0.1) is 0 Å². The number of carbonyl (C=O) groups is 1. The molecule has 8 heteroatoms. The lowest BCUT2D eigenvalue weighted by atomic mass is 9.99. The Bertz CT molecular complexity index is 294. The maximum absolute atomic E-state index is 10.6. The number of carboxylic acid groups (broad SMARTS) is 1. The summed E-state index contributed by atoms with van der Waals surface area (Å²) in [6.07, 6.45) is -7.45. The fraction of sp³-hybridized carbons (Fsp3) is 0.909. The molecule has 0 aliphatic carbocycles. The lowest BCUT2D eigenvalue weighted by Gasteiger charge is -2.40. The number of hydrogen-bond acceptors (Lipinski definition) is 7. The van der Waals surface area contributed by atoms with Crippen LogP contribution in [-0.4, -0.2) is 74.9 Å². The number of aliphatic carboxylic acids is 1. The van der Waals surface area contributed by atoms with Crippen LogP contribution in [0.4, 0.5) is 0 Å². The van der Waals surface area contributed by atoms with Gasteiger partial charge in [0.2, 0.25) is 0 Å². The van der Waals surface area contributed by atoms with Crippen LogP contribution < -0.4 is 0 Å². The molecule has 6 atom stereocenters. The van der Waals surface area contributed by atoms with Crippen molar-refractivity contribution in [2.75, 3.05) is 6.61 Å². The number of ether oxygens (including phenoxy) is 2. The zero-order valence-electron chi connectivity index (χ0n) is 10.5. The van der Waals surface area contributed by atoms with Gasteiger partial charge in [0.1, 0.15) is 24.4 Å². The molecule has 1 rings (SSSR count). The molecule has 0 amide bonds. The fourth-order valence-electron chi connectivity index (χ4n) is 1.85. The first kappa shape index (κ1) is 16.3. The van der Waals surface area contributed by atoms with Crippen LogP contribution >= 0.6 is 0 Å². The summed E-state index contributed by atoms with van der Waals surface area (Å²) in [6.45, 7) is 1.15. The molecule has 1 heterocycles. The smallest absolute Gasteiger partial charge is 0.305 e. The highest BCUT2D eigenvalue weighted by molar-refractivity contribution is 5.67. The van der Waals surface area contributed by atoms with E-state index in [1.165, 1.54) is 0 Å². The molecule has 5 N–H and O–H groups in total. The first-order chi connectivity index (χ1) is 8.90. The van der Waals surface area contributed by atoms with Gasteiger partial charge in [-0.1, -0.05) is 6.92 Å². The van der Waals surface area contributed by atoms with Crippen LogP contribution in [0.5, 0.6) is 0 Å². The van der Waals surface area contributed by atoms with Crippen LogP contribution in [0.3, 0.4) is 0 Å². The first-order valence-electron chi connectivity index (χ1n) is 6.08. The molecule has 0 aromatic rings. The molecule has 19 heavy (non-hydrogen) atoms. The second-order valence-electron chi connectivity index (χ2n) is 4.46. The van der Waals surface area contributed by atoms with E-state index >= 15 is 0 Å². The molecule has 0 radical (unpaired) electrons. The van der Waals surface area contributed by atoms with Gasteiger partial charge in [0, 0.05) is 0 Å². The molecule has 1 fully saturated rings. The van der Waals surface area contributed by atoms with Crippen molar-refractivity contribution in [2.45, 2.75) is 56.6 Å². The van der Waals surface area contributed by atoms with Crippen molar-refractivity contribution >= 4 is 5.97 Å². The third-order valence-corrected chi connectivity index (χ3v) is 3.03. The Morgan fingerprint density at radius 1 is 1.26 bits per heavy atom. The molecular formula is C11H20O8. The molecule has 1 saturated heterocycles. The van der Waals surface area contributed by atoms with Crippen molar-refractivity contribution in [2.24, 2.45) is 0 Å². The van der Waals surface area contributed by atoms with Gasteiger partial charge in [-0.25, -0.2) is 0 Å². The second kappa shape index (κ2) is 7.13. The number of aliphatic hydroxyl groups is 4. The van der Waals surface area contributed by atoms with Gasteiger partial charge in [-0.3, -0.25) is 4.79 Å². The normalized spacial score (nSPS) is 37.0. The maximum atomic E-state index is 10.6. The molecule has 0 saturated carbocycles. The largest absolute Gasteiger partial charge is 0.481 e. The zero-order valence-corrected chi connectivity index (χ0v) is 10.5. The van der Waals surface area contributed by atoms with Crippen LogP contribution in [0.15, 0.2) is 0 Å². The van der Waals surface area contributed by atoms with E-state index in [1.54, 1.807) is 6.92 Å². The Kier molecular flexibility index (Phi) is 6.11. The molecule has 112 valence electrons. The third kappa shape index (κ3) is 4.10. The summed E-state index contributed by atoms with van der Waals surface area (Å²) in [5.41, 5.74) is 0. The fourth-order valence-corrected chi connectivity index (χ4v) is 1.85. The zero-order chi connectivity index (χ0) is 14.6. The summed E-state index contributed by atoms with van der Waals surface area (Å²) < 4.78 is 10.4. The summed E-state index contributed by atoms with van der Waals surface area (Å²) in [7, 11) is 0. The Labute approximate surface area is 110 Å². The molecule has 8 nitrogen and oxygen atoms in total. The molecule has 0 spiro atoms. The summed E-state index contributed by atoms with van der Waals surface area (Å²) in [5, 5.41) is 46.5. The van der Waals surface area contributed by atoms with Crippen LogP contribution in [-0.2, 0) is 14.3 Å². The second-order valence-corrected chi connectivity index (χ2v) is 4.46. The lowest BCUT2D eigenvalue weighted by molar-refractivity contribution is -0.311. The van der Waals surface area contributed by atoms with Gasteiger partial charge in [-0.2, -0.15) is 0 Å². The van der Waals surface area contributed by atoms with Gasteiger partial charge < -0.3 is 35.0 Å². The molecule has 0 aromatic heterocycles. The average Bonchev–Trinajstić information content (AvgIpc) is 2.37. The predicted molar refractivity (Wildman–Crippen MR) is 61.2 cm³/mol. The highest BCUT2D eigenvalue weighted by atomic mass is 16.7. The van der Waals surface area contributed by atoms with E-state index < -0.39 is 49.4 Å². The predicted octanol–water partition coefficient (Wildman–Crippen LogP) is -1.94. The van der Waals surface area contributed by atoms with Crippen molar-refractivity contribution in [3.05, 3.63) is 0 Å². The minimum Gasteiger partial charge on any atom is -0.481 e. The van der Waals surface area contributed by atoms with Gasteiger partial charge in [-0.05, 0) is 6.42 Å². The van der Waals surface area contributed by atoms with E-state index in [0.717, 1.165) is 0 Å². The quantitative estimate of drug-likeness (QED) is 0.379. The van der Waals surface area contributed by atoms with E-state index in [1.807, 2.05) is 0 Å². The van der Waals surface area contributed by atoms with Gasteiger partial charge in [0.05, 0.1) is 19.1 Å². The average molecular weight is 280 g/mol. The van der Waals surface area contributed by atoms with E-state index in [4.69, 9.17) is 19.7 Å². The maximum Gasteiger partial charge on any atom is 0.305 e. The van der Waals surface area contributed by atoms with E-state index in [9.17, 15) is 20.1 Å². The Morgan fingerprint density at radius 2 is 1.89 bits per heavy atom. The molecule has 0 aromatic carbocycles. The Hall–Kier alpha value is -0.770. The SMILES string of the molecule is CCC(CC(=O)O)O[C@@H]1OC(CO)[C@@H](O)[C@H](O)C1O. The van der Waals surface area contributed by atoms with E-state index in [0.29, 0.717) is 6.42 Å². The van der Waals surface area contributed by atoms with Crippen molar-refractivity contribution in [3.63, 3.8) is 0 Å². The molecule has 3 unspecified atom stereocenters. The van der Waals surface area contributed by atoms with Gasteiger partial charge in [0.25, 0.3) is 0 Å². The van der Waals surface area contributed by atoms with Crippen LogP contribution in [0.1, 0.15) is 19.8 Å². The molecular weight excluding hydrogens is 260 g/mol. The monoisotopic (exact) mass is 280 g/mol. The van der Waals surface area contributed by atoms with Gasteiger partial charge in [0.15, 0.2) is 6.29 Å². The van der Waals surface area contributed by atoms with Gasteiger partial charge >= 0.3 is 5.97 Å². The summed E-state index contributed by atoms with van der Waals surface area (Å²) in [4.78, 5) is 10.6. The summed E-state index contributed by atoms with van der Waals surface area (Å²) in [6, 6.07) is 0. The minimum atomic E-state index is -1.53.